The number of halogens is 6. The first kappa shape index (κ1) is 21.9. The molecule has 0 atom stereocenters. The highest BCUT2D eigenvalue weighted by molar-refractivity contribution is 6.23. The van der Waals surface area contributed by atoms with E-state index >= 15 is 0 Å². The van der Waals surface area contributed by atoms with Gasteiger partial charge in [0, 0.05) is 29.7 Å². The minimum Gasteiger partial charge on any atom is -0.366 e. The molecule has 3 rings (SSSR count). The summed E-state index contributed by atoms with van der Waals surface area (Å²) in [7, 11) is 0. The average Bonchev–Trinajstić information content (AvgIpc) is 2.71. The molecular weight excluding hydrogens is 428 g/mol. The van der Waals surface area contributed by atoms with E-state index in [9.17, 15) is 31.1 Å². The van der Waals surface area contributed by atoms with Gasteiger partial charge in [0.25, 0.3) is 0 Å². The van der Waals surface area contributed by atoms with Gasteiger partial charge in [0.2, 0.25) is 5.91 Å². The van der Waals surface area contributed by atoms with Crippen molar-refractivity contribution in [2.45, 2.75) is 12.4 Å². The Morgan fingerprint density at radius 1 is 0.935 bits per heavy atom. The number of nitrogens with zero attached hydrogens (tertiary/aromatic N) is 4. The van der Waals surface area contributed by atoms with Crippen molar-refractivity contribution >= 4 is 17.6 Å². The van der Waals surface area contributed by atoms with Crippen molar-refractivity contribution in [3.63, 3.8) is 0 Å². The number of benzene rings is 1. The van der Waals surface area contributed by atoms with Gasteiger partial charge in [-0.15, -0.1) is 0 Å². The van der Waals surface area contributed by atoms with E-state index in [0.717, 1.165) is 6.20 Å². The summed E-state index contributed by atoms with van der Waals surface area (Å²) in [4.78, 5) is 27.0. The van der Waals surface area contributed by atoms with Gasteiger partial charge in [0.05, 0.1) is 22.4 Å². The fourth-order valence-corrected chi connectivity index (χ4v) is 2.56. The molecule has 2 heterocycles. The largest absolute Gasteiger partial charge is 0.416 e. The second-order valence-electron chi connectivity index (χ2n) is 6.15. The van der Waals surface area contributed by atoms with Crippen molar-refractivity contribution in [3.8, 4) is 11.4 Å². The Morgan fingerprint density at radius 3 is 2.03 bits per heavy atom. The molecule has 0 saturated heterocycles. The first-order valence-electron chi connectivity index (χ1n) is 8.35. The molecule has 31 heavy (non-hydrogen) atoms. The number of alkyl halides is 6. The summed E-state index contributed by atoms with van der Waals surface area (Å²) in [6.07, 6.45) is -3.88. The molecule has 6 nitrogen and oxygen atoms in total. The molecule has 0 saturated carbocycles. The van der Waals surface area contributed by atoms with Gasteiger partial charge in [-0.25, -0.2) is 19.9 Å². The number of aromatic nitrogens is 4. The predicted molar refractivity (Wildman–Crippen MR) is 96.6 cm³/mol. The Kier molecular flexibility index (Phi) is 5.73. The van der Waals surface area contributed by atoms with Crippen LogP contribution in [-0.2, 0) is 17.1 Å². The summed E-state index contributed by atoms with van der Waals surface area (Å²) in [6, 6.07) is 2.33. The number of carbonyl (C=O) groups excluding carboxylic acids is 1. The van der Waals surface area contributed by atoms with Gasteiger partial charge in [0.1, 0.15) is 6.33 Å². The van der Waals surface area contributed by atoms with Crippen molar-refractivity contribution in [1.82, 2.24) is 19.9 Å². The summed E-state index contributed by atoms with van der Waals surface area (Å²) >= 11 is 0. The van der Waals surface area contributed by atoms with E-state index in [0.29, 0.717) is 12.1 Å². The standard InChI is InChI=1S/C19H11F6N5O/c20-18(21,22)12-3-10(4-13(5-12)19(23,24)25)17-29-2-1-14(30-17)6-15(16(26)31)11-7-27-9-28-8-11/h1-9H,(H2,26,31)/b15-6+. The third-order valence-corrected chi connectivity index (χ3v) is 3.95. The number of primary amides is 1. The summed E-state index contributed by atoms with van der Waals surface area (Å²) in [6.45, 7) is 0. The van der Waals surface area contributed by atoms with E-state index < -0.39 is 40.8 Å². The smallest absolute Gasteiger partial charge is 0.366 e. The molecule has 1 aromatic carbocycles. The molecule has 0 bridgehead atoms. The van der Waals surface area contributed by atoms with Gasteiger partial charge in [-0.3, -0.25) is 4.79 Å². The van der Waals surface area contributed by atoms with E-state index in [2.05, 4.69) is 19.9 Å². The van der Waals surface area contributed by atoms with Crippen molar-refractivity contribution < 1.29 is 31.1 Å². The number of hydrogen-bond donors (Lipinski definition) is 1. The zero-order chi connectivity index (χ0) is 22.8. The van der Waals surface area contributed by atoms with Crippen LogP contribution in [0.25, 0.3) is 23.0 Å². The number of amides is 1. The van der Waals surface area contributed by atoms with Crippen molar-refractivity contribution in [2.75, 3.05) is 0 Å². The Hall–Kier alpha value is -3.83. The fourth-order valence-electron chi connectivity index (χ4n) is 2.56. The van der Waals surface area contributed by atoms with Gasteiger partial charge in [-0.2, -0.15) is 26.3 Å². The molecule has 3 aromatic rings. The molecule has 1 amide bonds. The van der Waals surface area contributed by atoms with E-state index in [1.54, 1.807) is 0 Å². The Bertz CT molecular complexity index is 1110. The molecule has 0 radical (unpaired) electrons. The number of nitrogens with two attached hydrogens (primary N) is 1. The molecule has 0 aliphatic carbocycles. The van der Waals surface area contributed by atoms with Crippen molar-refractivity contribution in [1.29, 1.82) is 0 Å². The van der Waals surface area contributed by atoms with Crippen LogP contribution in [0.4, 0.5) is 26.3 Å². The third kappa shape index (κ3) is 5.21. The van der Waals surface area contributed by atoms with E-state index in [1.807, 2.05) is 0 Å². The molecule has 2 N–H and O–H groups in total. The van der Waals surface area contributed by atoms with E-state index in [4.69, 9.17) is 5.73 Å². The van der Waals surface area contributed by atoms with Crippen LogP contribution in [0.15, 0.2) is 49.2 Å². The van der Waals surface area contributed by atoms with Crippen LogP contribution in [0, 0.1) is 0 Å². The summed E-state index contributed by atoms with van der Waals surface area (Å²) in [5, 5.41) is 0. The highest BCUT2D eigenvalue weighted by Crippen LogP contribution is 2.38. The Morgan fingerprint density at radius 2 is 1.52 bits per heavy atom. The number of carbonyl (C=O) groups is 1. The molecule has 12 heteroatoms. The van der Waals surface area contributed by atoms with Crippen molar-refractivity contribution in [3.05, 3.63) is 71.6 Å². The maximum atomic E-state index is 13.1. The van der Waals surface area contributed by atoms with Gasteiger partial charge >= 0.3 is 12.4 Å². The lowest BCUT2D eigenvalue weighted by atomic mass is 10.0. The first-order chi connectivity index (χ1) is 14.4. The average molecular weight is 439 g/mol. The molecule has 0 unspecified atom stereocenters. The highest BCUT2D eigenvalue weighted by Gasteiger charge is 2.37. The Labute approximate surface area is 170 Å². The molecular formula is C19H11F6N5O. The molecule has 0 aliphatic rings. The van der Waals surface area contributed by atoms with E-state index in [-0.39, 0.29) is 22.9 Å². The van der Waals surface area contributed by atoms with Crippen LogP contribution in [-0.4, -0.2) is 25.8 Å². The number of rotatable bonds is 4. The van der Waals surface area contributed by atoms with Crippen LogP contribution >= 0.6 is 0 Å². The Balaban J connectivity index is 2.12. The van der Waals surface area contributed by atoms with Gasteiger partial charge in [-0.1, -0.05) is 0 Å². The van der Waals surface area contributed by atoms with Crippen LogP contribution in [0.1, 0.15) is 22.4 Å². The minimum atomic E-state index is -5.01. The van der Waals surface area contributed by atoms with Gasteiger partial charge in [-0.05, 0) is 30.3 Å². The predicted octanol–water partition coefficient (Wildman–Crippen LogP) is 4.00. The highest BCUT2D eigenvalue weighted by atomic mass is 19.4. The monoisotopic (exact) mass is 439 g/mol. The van der Waals surface area contributed by atoms with Gasteiger partial charge < -0.3 is 5.73 Å². The SMILES string of the molecule is NC(=O)/C(=C/c1ccnc(-c2cc(C(F)(F)F)cc(C(F)(F)F)c2)n1)c1cncnc1. The van der Waals surface area contributed by atoms with Crippen LogP contribution in [0.3, 0.4) is 0 Å². The molecule has 0 fully saturated rings. The number of hydrogen-bond acceptors (Lipinski definition) is 5. The summed E-state index contributed by atoms with van der Waals surface area (Å²) in [5.74, 6) is -1.27. The maximum Gasteiger partial charge on any atom is 0.416 e. The van der Waals surface area contributed by atoms with E-state index in [1.165, 1.54) is 30.9 Å². The lowest BCUT2D eigenvalue weighted by molar-refractivity contribution is -0.143. The van der Waals surface area contributed by atoms with Crippen LogP contribution in [0.2, 0.25) is 0 Å². The van der Waals surface area contributed by atoms with Crippen LogP contribution < -0.4 is 5.73 Å². The summed E-state index contributed by atoms with van der Waals surface area (Å²) in [5.41, 5.74) is 2.05. The zero-order valence-corrected chi connectivity index (χ0v) is 15.2. The maximum absolute atomic E-state index is 13.1. The molecule has 0 spiro atoms. The van der Waals surface area contributed by atoms with Gasteiger partial charge in [0.15, 0.2) is 5.82 Å². The minimum absolute atomic E-state index is 0.00779. The fraction of sp³-hybridized carbons (Fsp3) is 0.105. The molecule has 160 valence electrons. The zero-order valence-electron chi connectivity index (χ0n) is 15.2. The second-order valence-corrected chi connectivity index (χ2v) is 6.15. The first-order valence-corrected chi connectivity index (χ1v) is 8.35. The molecule has 2 aromatic heterocycles. The second kappa shape index (κ2) is 8.13. The lowest BCUT2D eigenvalue weighted by Gasteiger charge is -2.14. The topological polar surface area (TPSA) is 94.7 Å². The quantitative estimate of drug-likeness (QED) is 0.490. The third-order valence-electron chi connectivity index (χ3n) is 3.95. The lowest BCUT2D eigenvalue weighted by Crippen LogP contribution is -2.13. The van der Waals surface area contributed by atoms with Crippen molar-refractivity contribution in [2.24, 2.45) is 5.73 Å². The van der Waals surface area contributed by atoms with Crippen LogP contribution in [0.5, 0.6) is 0 Å². The molecule has 0 aliphatic heterocycles. The normalized spacial score (nSPS) is 12.6. The summed E-state index contributed by atoms with van der Waals surface area (Å²) < 4.78 is 78.6.